The van der Waals surface area contributed by atoms with Crippen molar-refractivity contribution in [2.24, 2.45) is 0 Å². The van der Waals surface area contributed by atoms with Crippen LogP contribution in [-0.4, -0.2) is 38.8 Å². The van der Waals surface area contributed by atoms with Crippen molar-refractivity contribution in [2.45, 2.75) is 32.1 Å². The molecule has 1 amide bonds. The fraction of sp³-hybridized carbons (Fsp3) is 0.412. The lowest BCUT2D eigenvalue weighted by molar-refractivity contribution is 0.0740. The molecular weight excluding hydrogens is 292 g/mol. The molecule has 1 aliphatic rings. The number of carbonyl (C=O) groups is 1. The number of carbonyl (C=O) groups excluding carboxylic acids is 1. The number of likely N-dealkylation sites (tertiary alicyclic amines) is 1. The van der Waals surface area contributed by atoms with Crippen LogP contribution in [-0.2, 0) is 0 Å². The van der Waals surface area contributed by atoms with E-state index >= 15 is 0 Å². The van der Waals surface area contributed by atoms with Gasteiger partial charge in [-0.15, -0.1) is 0 Å². The van der Waals surface area contributed by atoms with E-state index in [0.717, 1.165) is 25.7 Å². The largest absolute Gasteiger partial charge is 0.338 e. The van der Waals surface area contributed by atoms with Crippen LogP contribution in [0.1, 0.15) is 42.5 Å². The van der Waals surface area contributed by atoms with Gasteiger partial charge in [-0.3, -0.25) is 14.6 Å². The maximum absolute atomic E-state index is 12.6. The Hall–Kier alpha value is -2.50. The molecule has 120 valence electrons. The lowest BCUT2D eigenvalue weighted by atomic mass is 10.1. The summed E-state index contributed by atoms with van der Waals surface area (Å²) in [6.45, 7) is 1.42. The number of H-pyrrole nitrogens is 1. The number of hydrogen-bond donors (Lipinski definition) is 1. The van der Waals surface area contributed by atoms with Gasteiger partial charge in [0.15, 0.2) is 5.82 Å². The number of amides is 1. The normalized spacial score (nSPS) is 15.7. The van der Waals surface area contributed by atoms with Crippen molar-refractivity contribution in [2.75, 3.05) is 13.1 Å². The summed E-state index contributed by atoms with van der Waals surface area (Å²) in [7, 11) is 0. The SMILES string of the molecule is O=C(c1cnc(-c2ccccn2)[nH]c1=O)N1CCCCCCC1. The average Bonchev–Trinajstić information content (AvgIpc) is 2.55. The van der Waals surface area contributed by atoms with Crippen LogP contribution in [0.5, 0.6) is 0 Å². The first kappa shape index (κ1) is 15.4. The molecule has 1 saturated heterocycles. The maximum Gasteiger partial charge on any atom is 0.264 e. The van der Waals surface area contributed by atoms with Crippen LogP contribution in [0.3, 0.4) is 0 Å². The number of nitrogens with zero attached hydrogens (tertiary/aromatic N) is 3. The highest BCUT2D eigenvalue weighted by molar-refractivity contribution is 5.93. The molecule has 3 rings (SSSR count). The van der Waals surface area contributed by atoms with Gasteiger partial charge in [0.25, 0.3) is 11.5 Å². The Bertz CT molecular complexity index is 719. The molecule has 0 saturated carbocycles. The molecule has 1 fully saturated rings. The molecule has 23 heavy (non-hydrogen) atoms. The molecule has 0 radical (unpaired) electrons. The van der Waals surface area contributed by atoms with E-state index in [9.17, 15) is 9.59 Å². The fourth-order valence-corrected chi connectivity index (χ4v) is 2.80. The second-order valence-electron chi connectivity index (χ2n) is 5.75. The van der Waals surface area contributed by atoms with Crippen LogP contribution >= 0.6 is 0 Å². The first-order chi connectivity index (χ1) is 11.3. The Morgan fingerprint density at radius 3 is 2.43 bits per heavy atom. The highest BCUT2D eigenvalue weighted by atomic mass is 16.2. The molecule has 1 N–H and O–H groups in total. The molecule has 6 heteroatoms. The Labute approximate surface area is 134 Å². The Balaban J connectivity index is 1.82. The topological polar surface area (TPSA) is 79.0 Å². The van der Waals surface area contributed by atoms with Gasteiger partial charge in [-0.25, -0.2) is 4.98 Å². The lowest BCUT2D eigenvalue weighted by Crippen LogP contribution is -2.37. The molecule has 3 heterocycles. The highest BCUT2D eigenvalue weighted by Crippen LogP contribution is 2.13. The van der Waals surface area contributed by atoms with E-state index in [2.05, 4.69) is 15.0 Å². The minimum atomic E-state index is -0.410. The summed E-state index contributed by atoms with van der Waals surface area (Å²) < 4.78 is 0. The average molecular weight is 312 g/mol. The van der Waals surface area contributed by atoms with E-state index < -0.39 is 5.56 Å². The summed E-state index contributed by atoms with van der Waals surface area (Å²) in [6, 6.07) is 5.38. The van der Waals surface area contributed by atoms with Crippen LogP contribution in [0.4, 0.5) is 0 Å². The predicted octanol–water partition coefficient (Wildman–Crippen LogP) is 2.24. The monoisotopic (exact) mass is 312 g/mol. The minimum absolute atomic E-state index is 0.102. The molecule has 0 aliphatic carbocycles. The third-order valence-corrected chi connectivity index (χ3v) is 4.08. The smallest absolute Gasteiger partial charge is 0.264 e. The third kappa shape index (κ3) is 3.64. The number of aromatic amines is 1. The van der Waals surface area contributed by atoms with Crippen molar-refractivity contribution in [3.05, 3.63) is 46.5 Å². The van der Waals surface area contributed by atoms with Crippen molar-refractivity contribution < 1.29 is 4.79 Å². The number of aromatic nitrogens is 3. The van der Waals surface area contributed by atoms with Gasteiger partial charge in [-0.2, -0.15) is 0 Å². The van der Waals surface area contributed by atoms with E-state index in [0.29, 0.717) is 24.6 Å². The van der Waals surface area contributed by atoms with Gasteiger partial charge in [0.05, 0.1) is 0 Å². The Kier molecular flexibility index (Phi) is 4.80. The van der Waals surface area contributed by atoms with Gasteiger partial charge in [-0.1, -0.05) is 25.3 Å². The second-order valence-corrected chi connectivity index (χ2v) is 5.75. The van der Waals surface area contributed by atoms with Gasteiger partial charge in [0.2, 0.25) is 0 Å². The van der Waals surface area contributed by atoms with Crippen molar-refractivity contribution in [3.8, 4) is 11.5 Å². The van der Waals surface area contributed by atoms with Crippen molar-refractivity contribution >= 4 is 5.91 Å². The minimum Gasteiger partial charge on any atom is -0.338 e. The van der Waals surface area contributed by atoms with Crippen molar-refractivity contribution in [1.82, 2.24) is 19.9 Å². The summed E-state index contributed by atoms with van der Waals surface area (Å²) in [4.78, 5) is 37.6. The second kappa shape index (κ2) is 7.17. The summed E-state index contributed by atoms with van der Waals surface area (Å²) >= 11 is 0. The van der Waals surface area contributed by atoms with Gasteiger partial charge >= 0.3 is 0 Å². The van der Waals surface area contributed by atoms with Gasteiger partial charge in [0.1, 0.15) is 11.3 Å². The van der Waals surface area contributed by atoms with E-state index in [4.69, 9.17) is 0 Å². The zero-order valence-electron chi connectivity index (χ0n) is 13.0. The molecule has 0 aromatic carbocycles. The summed E-state index contributed by atoms with van der Waals surface area (Å²) in [5.74, 6) is 0.146. The highest BCUT2D eigenvalue weighted by Gasteiger charge is 2.20. The predicted molar refractivity (Wildman–Crippen MR) is 87.1 cm³/mol. The Morgan fingerprint density at radius 1 is 1.04 bits per heavy atom. The van der Waals surface area contributed by atoms with Gasteiger partial charge in [-0.05, 0) is 25.0 Å². The molecule has 0 unspecified atom stereocenters. The van der Waals surface area contributed by atoms with Crippen LogP contribution in [0.2, 0.25) is 0 Å². The Morgan fingerprint density at radius 2 is 1.78 bits per heavy atom. The van der Waals surface area contributed by atoms with Crippen LogP contribution in [0, 0.1) is 0 Å². The van der Waals surface area contributed by atoms with Crippen molar-refractivity contribution in [3.63, 3.8) is 0 Å². The van der Waals surface area contributed by atoms with Crippen LogP contribution < -0.4 is 5.56 Å². The first-order valence-electron chi connectivity index (χ1n) is 8.06. The number of nitrogens with one attached hydrogen (secondary N) is 1. The molecule has 2 aromatic heterocycles. The van der Waals surface area contributed by atoms with Gasteiger partial charge < -0.3 is 9.88 Å². The third-order valence-electron chi connectivity index (χ3n) is 4.08. The van der Waals surface area contributed by atoms with Crippen LogP contribution in [0.25, 0.3) is 11.5 Å². The fourth-order valence-electron chi connectivity index (χ4n) is 2.80. The summed E-state index contributed by atoms with van der Waals surface area (Å²) in [5.41, 5.74) is 0.271. The van der Waals surface area contributed by atoms with E-state index in [1.165, 1.54) is 12.6 Å². The lowest BCUT2D eigenvalue weighted by Gasteiger charge is -2.24. The number of pyridine rings is 1. The first-order valence-corrected chi connectivity index (χ1v) is 8.06. The van der Waals surface area contributed by atoms with Crippen molar-refractivity contribution in [1.29, 1.82) is 0 Å². The molecule has 0 bridgehead atoms. The molecule has 1 aliphatic heterocycles. The molecular formula is C17H20N4O2. The van der Waals surface area contributed by atoms with E-state index in [1.807, 2.05) is 6.07 Å². The van der Waals surface area contributed by atoms with Gasteiger partial charge in [0, 0.05) is 25.5 Å². The van der Waals surface area contributed by atoms with E-state index in [-0.39, 0.29) is 11.5 Å². The maximum atomic E-state index is 12.6. The molecule has 2 aromatic rings. The molecule has 6 nitrogen and oxygen atoms in total. The molecule has 0 atom stereocenters. The zero-order chi connectivity index (χ0) is 16.1. The zero-order valence-corrected chi connectivity index (χ0v) is 13.0. The van der Waals surface area contributed by atoms with E-state index in [1.54, 1.807) is 23.2 Å². The molecule has 0 spiro atoms. The summed E-state index contributed by atoms with van der Waals surface area (Å²) in [5, 5.41) is 0. The van der Waals surface area contributed by atoms with Crippen LogP contribution in [0.15, 0.2) is 35.4 Å². The standard InChI is InChI=1S/C17H20N4O2/c22-16-13(17(23)21-10-6-2-1-3-7-11-21)12-19-15(20-16)14-8-4-5-9-18-14/h4-5,8-9,12H,1-3,6-7,10-11H2,(H,19,20,22). The summed E-state index contributed by atoms with van der Waals surface area (Å²) in [6.07, 6.45) is 8.47. The number of hydrogen-bond acceptors (Lipinski definition) is 4. The quantitative estimate of drug-likeness (QED) is 0.922. The number of rotatable bonds is 2.